The van der Waals surface area contributed by atoms with Gasteiger partial charge in [0.2, 0.25) is 0 Å². The highest BCUT2D eigenvalue weighted by Crippen LogP contribution is 2.13. The average Bonchev–Trinajstić information content (AvgIpc) is 3.27. The average molecular weight is 332 g/mol. The van der Waals surface area contributed by atoms with Crippen LogP contribution < -0.4 is 5.32 Å². The molecule has 0 aromatic carbocycles. The van der Waals surface area contributed by atoms with E-state index in [1.54, 1.807) is 0 Å². The first-order chi connectivity index (χ1) is 12.3. The standard InChI is InChI=1S/C19H20N6/c1-15-3-2-10-25-17(14-22-19(15)25)13-21-18-7-12-24(23-18)11-6-16-4-8-20-9-5-16/h2-5,7-10,12,14H,6,11,13H2,1H3,(H,21,23). The third-order valence-electron chi connectivity index (χ3n) is 4.28. The van der Waals surface area contributed by atoms with Crippen LogP contribution in [0.4, 0.5) is 5.82 Å². The van der Waals surface area contributed by atoms with Gasteiger partial charge in [-0.3, -0.25) is 9.67 Å². The fourth-order valence-corrected chi connectivity index (χ4v) is 2.89. The molecule has 0 fully saturated rings. The highest BCUT2D eigenvalue weighted by molar-refractivity contribution is 5.48. The molecule has 0 aliphatic heterocycles. The molecule has 0 unspecified atom stereocenters. The first-order valence-corrected chi connectivity index (χ1v) is 8.37. The molecule has 6 heteroatoms. The molecule has 0 aliphatic rings. The van der Waals surface area contributed by atoms with Gasteiger partial charge >= 0.3 is 0 Å². The summed E-state index contributed by atoms with van der Waals surface area (Å²) in [6.45, 7) is 3.61. The van der Waals surface area contributed by atoms with Crippen molar-refractivity contribution in [2.75, 3.05) is 5.32 Å². The first-order valence-electron chi connectivity index (χ1n) is 8.37. The summed E-state index contributed by atoms with van der Waals surface area (Å²) in [5.74, 6) is 0.873. The van der Waals surface area contributed by atoms with Crippen molar-refractivity contribution in [1.82, 2.24) is 24.1 Å². The number of nitrogens with zero attached hydrogens (tertiary/aromatic N) is 5. The van der Waals surface area contributed by atoms with Gasteiger partial charge in [-0.2, -0.15) is 5.10 Å². The zero-order chi connectivity index (χ0) is 17.1. The summed E-state index contributed by atoms with van der Waals surface area (Å²) in [4.78, 5) is 8.53. The summed E-state index contributed by atoms with van der Waals surface area (Å²) in [5.41, 5.74) is 4.56. The molecule has 6 nitrogen and oxygen atoms in total. The summed E-state index contributed by atoms with van der Waals surface area (Å²) < 4.78 is 4.07. The third-order valence-corrected chi connectivity index (χ3v) is 4.28. The lowest BCUT2D eigenvalue weighted by atomic mass is 10.2. The highest BCUT2D eigenvalue weighted by atomic mass is 15.3. The van der Waals surface area contributed by atoms with Crippen LogP contribution >= 0.6 is 0 Å². The van der Waals surface area contributed by atoms with Crippen molar-refractivity contribution in [2.45, 2.75) is 26.4 Å². The Balaban J connectivity index is 1.38. The van der Waals surface area contributed by atoms with Gasteiger partial charge < -0.3 is 9.72 Å². The Morgan fingerprint density at radius 2 is 1.96 bits per heavy atom. The van der Waals surface area contributed by atoms with Crippen LogP contribution in [-0.4, -0.2) is 24.1 Å². The predicted octanol–water partition coefficient (Wildman–Crippen LogP) is 3.09. The van der Waals surface area contributed by atoms with Crippen molar-refractivity contribution in [3.8, 4) is 0 Å². The molecule has 0 radical (unpaired) electrons. The van der Waals surface area contributed by atoms with E-state index >= 15 is 0 Å². The van der Waals surface area contributed by atoms with Crippen molar-refractivity contribution >= 4 is 11.5 Å². The molecule has 25 heavy (non-hydrogen) atoms. The van der Waals surface area contributed by atoms with Crippen LogP contribution in [0.3, 0.4) is 0 Å². The lowest BCUT2D eigenvalue weighted by molar-refractivity contribution is 0.616. The molecule has 0 bridgehead atoms. The fraction of sp³-hybridized carbons (Fsp3) is 0.211. The van der Waals surface area contributed by atoms with Crippen molar-refractivity contribution in [1.29, 1.82) is 0 Å². The molecule has 0 atom stereocenters. The van der Waals surface area contributed by atoms with E-state index in [9.17, 15) is 0 Å². The third kappa shape index (κ3) is 3.38. The summed E-state index contributed by atoms with van der Waals surface area (Å²) in [6, 6.07) is 10.2. The molecule has 0 saturated carbocycles. The van der Waals surface area contributed by atoms with Crippen LogP contribution in [0.2, 0.25) is 0 Å². The zero-order valence-electron chi connectivity index (χ0n) is 14.1. The van der Waals surface area contributed by atoms with Crippen molar-refractivity contribution in [3.05, 3.63) is 78.1 Å². The summed E-state index contributed by atoms with van der Waals surface area (Å²) in [5, 5.41) is 7.96. The van der Waals surface area contributed by atoms with Crippen molar-refractivity contribution in [3.63, 3.8) is 0 Å². The number of anilines is 1. The van der Waals surface area contributed by atoms with Crippen LogP contribution in [0, 0.1) is 6.92 Å². The van der Waals surface area contributed by atoms with Gasteiger partial charge in [0.25, 0.3) is 0 Å². The Kier molecular flexibility index (Phi) is 4.16. The van der Waals surface area contributed by atoms with Crippen LogP contribution in [0.5, 0.6) is 0 Å². The SMILES string of the molecule is Cc1cccn2c(CNc3ccn(CCc4ccncc4)n3)cnc12. The Labute approximate surface area is 146 Å². The van der Waals surface area contributed by atoms with Crippen molar-refractivity contribution in [2.24, 2.45) is 0 Å². The Morgan fingerprint density at radius 1 is 1.08 bits per heavy atom. The molecular weight excluding hydrogens is 312 g/mol. The van der Waals surface area contributed by atoms with Crippen LogP contribution in [0.1, 0.15) is 16.8 Å². The number of rotatable bonds is 6. The first kappa shape index (κ1) is 15.4. The van der Waals surface area contributed by atoms with E-state index in [-0.39, 0.29) is 0 Å². The molecule has 0 aliphatic carbocycles. The number of aryl methyl sites for hydroxylation is 3. The minimum atomic E-state index is 0.686. The second kappa shape index (κ2) is 6.76. The Bertz CT molecular complexity index is 970. The van der Waals surface area contributed by atoms with E-state index in [2.05, 4.69) is 37.8 Å². The lowest BCUT2D eigenvalue weighted by Crippen LogP contribution is -2.06. The second-order valence-corrected chi connectivity index (χ2v) is 6.06. The van der Waals surface area contributed by atoms with E-state index in [1.807, 2.05) is 59.9 Å². The van der Waals surface area contributed by atoms with E-state index in [0.29, 0.717) is 6.54 Å². The number of hydrogen-bond donors (Lipinski definition) is 1. The smallest absolute Gasteiger partial charge is 0.148 e. The zero-order valence-corrected chi connectivity index (χ0v) is 14.1. The Morgan fingerprint density at radius 3 is 2.84 bits per heavy atom. The summed E-state index contributed by atoms with van der Waals surface area (Å²) in [6.07, 6.45) is 10.5. The predicted molar refractivity (Wildman–Crippen MR) is 97.4 cm³/mol. The number of aromatic nitrogens is 5. The van der Waals surface area contributed by atoms with E-state index in [0.717, 1.165) is 30.1 Å². The van der Waals surface area contributed by atoms with Gasteiger partial charge in [-0.15, -0.1) is 0 Å². The molecule has 4 rings (SSSR count). The maximum Gasteiger partial charge on any atom is 0.148 e. The van der Waals surface area contributed by atoms with Gasteiger partial charge in [0.05, 0.1) is 18.4 Å². The number of imidazole rings is 1. The summed E-state index contributed by atoms with van der Waals surface area (Å²) >= 11 is 0. The highest BCUT2D eigenvalue weighted by Gasteiger charge is 2.06. The van der Waals surface area contributed by atoms with Crippen molar-refractivity contribution < 1.29 is 0 Å². The molecule has 0 amide bonds. The van der Waals surface area contributed by atoms with Gasteiger partial charge in [0, 0.05) is 37.4 Å². The molecule has 126 valence electrons. The molecular formula is C19H20N6. The molecule has 4 heterocycles. The van der Waals surface area contributed by atoms with Gasteiger partial charge in [0.15, 0.2) is 0 Å². The molecule has 0 saturated heterocycles. The van der Waals surface area contributed by atoms with E-state index in [1.165, 1.54) is 11.1 Å². The number of nitrogens with one attached hydrogen (secondary N) is 1. The maximum absolute atomic E-state index is 4.58. The second-order valence-electron chi connectivity index (χ2n) is 6.06. The lowest BCUT2D eigenvalue weighted by Gasteiger charge is -2.05. The minimum Gasteiger partial charge on any atom is -0.363 e. The van der Waals surface area contributed by atoms with E-state index in [4.69, 9.17) is 0 Å². The van der Waals surface area contributed by atoms with Gasteiger partial charge in [0.1, 0.15) is 11.5 Å². The number of pyridine rings is 2. The van der Waals surface area contributed by atoms with Gasteiger partial charge in [-0.1, -0.05) is 6.07 Å². The minimum absolute atomic E-state index is 0.686. The number of fused-ring (bicyclic) bond motifs is 1. The molecule has 1 N–H and O–H groups in total. The monoisotopic (exact) mass is 332 g/mol. The van der Waals surface area contributed by atoms with Gasteiger partial charge in [-0.05, 0) is 42.7 Å². The van der Waals surface area contributed by atoms with Crippen LogP contribution in [-0.2, 0) is 19.5 Å². The molecule has 0 spiro atoms. The van der Waals surface area contributed by atoms with Crippen LogP contribution in [0.15, 0.2) is 61.3 Å². The number of hydrogen-bond acceptors (Lipinski definition) is 4. The van der Waals surface area contributed by atoms with E-state index < -0.39 is 0 Å². The summed E-state index contributed by atoms with van der Waals surface area (Å²) in [7, 11) is 0. The molecule has 4 aromatic heterocycles. The normalized spacial score (nSPS) is 11.1. The Hall–Kier alpha value is -3.15. The van der Waals surface area contributed by atoms with Crippen LogP contribution in [0.25, 0.3) is 5.65 Å². The fourth-order valence-electron chi connectivity index (χ4n) is 2.89. The largest absolute Gasteiger partial charge is 0.363 e. The molecule has 4 aromatic rings. The van der Waals surface area contributed by atoms with Gasteiger partial charge in [-0.25, -0.2) is 4.98 Å². The quantitative estimate of drug-likeness (QED) is 0.589. The maximum atomic E-state index is 4.58. The topological polar surface area (TPSA) is 60.0 Å².